The highest BCUT2D eigenvalue weighted by Crippen LogP contribution is 2.75. The Kier molecular flexibility index (Phi) is 4.83. The summed E-state index contributed by atoms with van der Waals surface area (Å²) in [5, 5.41) is 0.172. The van der Waals surface area contributed by atoms with Crippen LogP contribution in [0.15, 0.2) is 0 Å². The Morgan fingerprint density at radius 2 is 1.82 bits per heavy atom. The van der Waals surface area contributed by atoms with E-state index in [0.29, 0.717) is 24.7 Å². The first-order valence-corrected chi connectivity index (χ1v) is 16.3. The summed E-state index contributed by atoms with van der Waals surface area (Å²) in [6.45, 7) is 14.3. The first-order chi connectivity index (χ1) is 15.8. The van der Waals surface area contributed by atoms with Gasteiger partial charge >= 0.3 is 5.97 Å². The van der Waals surface area contributed by atoms with E-state index in [1.54, 1.807) is 7.11 Å². The van der Waals surface area contributed by atoms with Crippen molar-refractivity contribution in [1.29, 1.82) is 0 Å². The highest BCUT2D eigenvalue weighted by molar-refractivity contribution is 6.74. The van der Waals surface area contributed by atoms with Crippen LogP contribution in [-0.2, 0) is 28.2 Å². The third-order valence-corrected chi connectivity index (χ3v) is 16.3. The molecule has 0 radical (unpaired) electrons. The maximum absolute atomic E-state index is 13.5. The van der Waals surface area contributed by atoms with Crippen LogP contribution in [0.25, 0.3) is 0 Å². The Bertz CT molecular complexity index is 927. The number of carbonyl (C=O) groups excluding carboxylic acids is 2. The lowest BCUT2D eigenvalue weighted by molar-refractivity contribution is -0.255. The van der Waals surface area contributed by atoms with E-state index in [-0.39, 0.29) is 52.3 Å². The quantitative estimate of drug-likeness (QED) is 0.421. The second-order valence-corrected chi connectivity index (χ2v) is 18.8. The Morgan fingerprint density at radius 1 is 1.09 bits per heavy atom. The predicted octanol–water partition coefficient (Wildman–Crippen LogP) is 4.71. The highest BCUT2D eigenvalue weighted by atomic mass is 28.4. The molecule has 2 aliphatic heterocycles. The van der Waals surface area contributed by atoms with Crippen LogP contribution in [0, 0.1) is 40.4 Å². The van der Waals surface area contributed by atoms with Gasteiger partial charge in [0.1, 0.15) is 5.78 Å². The molecule has 4 aliphatic carbocycles. The fourth-order valence-electron chi connectivity index (χ4n) is 9.32. The number of hydrogen-bond acceptors (Lipinski definition) is 6. The van der Waals surface area contributed by atoms with E-state index in [1.807, 2.05) is 0 Å². The summed E-state index contributed by atoms with van der Waals surface area (Å²) in [4.78, 5) is 26.4. The van der Waals surface area contributed by atoms with Gasteiger partial charge in [-0.15, -0.1) is 0 Å². The van der Waals surface area contributed by atoms with E-state index in [2.05, 4.69) is 40.8 Å². The van der Waals surface area contributed by atoms with Gasteiger partial charge in [-0.25, -0.2) is 0 Å². The molecule has 4 saturated carbocycles. The third kappa shape index (κ3) is 2.68. The Morgan fingerprint density at radius 3 is 2.50 bits per heavy atom. The summed E-state index contributed by atoms with van der Waals surface area (Å²) in [6, 6.07) is 0. The predicted molar refractivity (Wildman–Crippen MR) is 128 cm³/mol. The van der Waals surface area contributed by atoms with Gasteiger partial charge in [-0.3, -0.25) is 9.59 Å². The molecule has 0 amide bonds. The fraction of sp³-hybridized carbons (Fsp3) is 0.926. The molecule has 34 heavy (non-hydrogen) atoms. The maximum Gasteiger partial charge on any atom is 0.310 e. The Labute approximate surface area is 204 Å². The lowest BCUT2D eigenvalue weighted by atomic mass is 9.44. The molecule has 0 aromatic carbocycles. The molecular weight excluding hydrogens is 448 g/mol. The van der Waals surface area contributed by atoms with Crippen molar-refractivity contribution in [3.8, 4) is 0 Å². The molecule has 190 valence electrons. The second-order valence-electron chi connectivity index (χ2n) is 14.1. The summed E-state index contributed by atoms with van der Waals surface area (Å²) in [7, 11) is -0.147. The number of fused-ring (bicyclic) bond motifs is 8. The van der Waals surface area contributed by atoms with Gasteiger partial charge in [-0.05, 0) is 56.2 Å². The van der Waals surface area contributed by atoms with Crippen LogP contribution >= 0.6 is 0 Å². The van der Waals surface area contributed by atoms with Crippen LogP contribution in [0.2, 0.25) is 18.1 Å². The molecule has 7 heteroatoms. The van der Waals surface area contributed by atoms with E-state index in [0.717, 1.165) is 32.1 Å². The van der Waals surface area contributed by atoms with Gasteiger partial charge in [0.05, 0.1) is 18.6 Å². The van der Waals surface area contributed by atoms with E-state index in [9.17, 15) is 9.59 Å². The van der Waals surface area contributed by atoms with E-state index >= 15 is 0 Å². The molecular formula is C27H42O6Si. The number of ketones is 1. The number of Topliss-reactive ketones (excluding diaryl/α,β-unsaturated/α-hetero) is 1. The van der Waals surface area contributed by atoms with Gasteiger partial charge in [0.15, 0.2) is 14.1 Å². The number of esters is 1. The van der Waals surface area contributed by atoms with Crippen molar-refractivity contribution < 1.29 is 28.2 Å². The van der Waals surface area contributed by atoms with Crippen LogP contribution in [0.5, 0.6) is 0 Å². The van der Waals surface area contributed by atoms with Crippen molar-refractivity contribution in [3.63, 3.8) is 0 Å². The van der Waals surface area contributed by atoms with Gasteiger partial charge in [-0.2, -0.15) is 0 Å². The van der Waals surface area contributed by atoms with Crippen molar-refractivity contribution in [2.75, 3.05) is 13.7 Å². The van der Waals surface area contributed by atoms with Crippen LogP contribution in [0.1, 0.15) is 66.2 Å². The van der Waals surface area contributed by atoms with Gasteiger partial charge in [-0.1, -0.05) is 27.7 Å². The summed E-state index contributed by atoms with van der Waals surface area (Å²) < 4.78 is 25.8. The molecule has 0 aromatic heterocycles. The first-order valence-electron chi connectivity index (χ1n) is 13.4. The first kappa shape index (κ1) is 23.6. The van der Waals surface area contributed by atoms with Crippen LogP contribution < -0.4 is 0 Å². The molecule has 6 fully saturated rings. The molecule has 0 N–H and O–H groups in total. The van der Waals surface area contributed by atoms with E-state index in [4.69, 9.17) is 18.6 Å². The Hall–Kier alpha value is -0.763. The number of carbonyl (C=O) groups is 2. The van der Waals surface area contributed by atoms with Gasteiger partial charge in [0.25, 0.3) is 0 Å². The SMILES string of the molecule is CO[C@]12O[C@@H]3C[C@H]4C[C@@H](O[Si](C)(C)C(C)(C)C)CC[C@@]45COC(=O)[C@H]5[C@]3(C)C1[C@@H]1C[C@H]2CC1=O. The molecule has 6 aliphatic rings. The molecule has 0 aromatic rings. The summed E-state index contributed by atoms with van der Waals surface area (Å²) >= 11 is 0. The van der Waals surface area contributed by atoms with Gasteiger partial charge in [0, 0.05) is 48.2 Å². The minimum Gasteiger partial charge on any atom is -0.465 e. The minimum absolute atomic E-state index is 0.0554. The van der Waals surface area contributed by atoms with Crippen molar-refractivity contribution in [2.45, 2.75) is 102 Å². The standard InChI is InChI=1S/C27H42O6Si/c1-24(2,3)34(6,7)33-17-8-9-26-14-31-23(29)22(26)25(4)20(13-15(26)10-17)32-27(30-5)16-11-18(21(25)27)19(28)12-16/h15-18,20-22H,8-14H2,1-7H3/t15-,16+,17+,18-,20-,21?,22+,25+,26-,27-/m1/s1. The number of rotatable bonds is 3. The molecule has 1 unspecified atom stereocenters. The topological polar surface area (TPSA) is 71.1 Å². The lowest BCUT2D eigenvalue weighted by Crippen LogP contribution is -2.61. The second kappa shape index (κ2) is 6.96. The van der Waals surface area contributed by atoms with E-state index < -0.39 is 19.5 Å². The largest absolute Gasteiger partial charge is 0.465 e. The lowest BCUT2D eigenvalue weighted by Gasteiger charge is -2.57. The fourth-order valence-corrected chi connectivity index (χ4v) is 10.7. The van der Waals surface area contributed by atoms with Gasteiger partial charge < -0.3 is 18.6 Å². The van der Waals surface area contributed by atoms with Crippen molar-refractivity contribution in [2.24, 2.45) is 40.4 Å². The number of cyclic esters (lactones) is 1. The molecule has 6 rings (SSSR count). The molecule has 6 nitrogen and oxygen atoms in total. The molecule has 2 bridgehead atoms. The molecule has 2 heterocycles. The zero-order chi connectivity index (χ0) is 24.5. The number of hydrogen-bond donors (Lipinski definition) is 0. The summed E-state index contributed by atoms with van der Waals surface area (Å²) in [5.74, 6) is -0.386. The summed E-state index contributed by atoms with van der Waals surface area (Å²) in [6.07, 6.45) is 5.31. The van der Waals surface area contributed by atoms with Crippen molar-refractivity contribution in [1.82, 2.24) is 0 Å². The summed E-state index contributed by atoms with van der Waals surface area (Å²) in [5.41, 5.74) is -0.601. The smallest absolute Gasteiger partial charge is 0.310 e. The average molecular weight is 491 g/mol. The van der Waals surface area contributed by atoms with Gasteiger partial charge in [0.2, 0.25) is 0 Å². The van der Waals surface area contributed by atoms with Crippen molar-refractivity contribution in [3.05, 3.63) is 0 Å². The van der Waals surface area contributed by atoms with Crippen LogP contribution in [0.4, 0.5) is 0 Å². The normalized spacial score (nSPS) is 51.7. The Balaban J connectivity index is 1.36. The minimum atomic E-state index is -1.88. The van der Waals surface area contributed by atoms with Crippen LogP contribution in [0.3, 0.4) is 0 Å². The number of methoxy groups -OCH3 is 1. The highest BCUT2D eigenvalue weighted by Gasteiger charge is 2.81. The zero-order valence-corrected chi connectivity index (χ0v) is 22.9. The zero-order valence-electron chi connectivity index (χ0n) is 21.9. The van der Waals surface area contributed by atoms with Crippen molar-refractivity contribution >= 4 is 20.1 Å². The third-order valence-electron chi connectivity index (χ3n) is 11.8. The van der Waals surface area contributed by atoms with E-state index in [1.165, 1.54) is 0 Å². The molecule has 10 atom stereocenters. The van der Waals surface area contributed by atoms with Crippen LogP contribution in [-0.4, -0.2) is 51.8 Å². The number of ether oxygens (including phenoxy) is 3. The molecule has 1 spiro atoms. The maximum atomic E-state index is 13.5. The molecule has 2 saturated heterocycles. The average Bonchev–Trinajstić information content (AvgIpc) is 3.44. The monoisotopic (exact) mass is 490 g/mol.